The Labute approximate surface area is 145 Å². The molecule has 0 aromatic heterocycles. The van der Waals surface area contributed by atoms with E-state index in [9.17, 15) is 14.7 Å². The maximum Gasteiger partial charge on any atom is 0.333 e. The van der Waals surface area contributed by atoms with Gasteiger partial charge < -0.3 is 9.84 Å². The van der Waals surface area contributed by atoms with E-state index in [1.54, 1.807) is 26.0 Å². The molecule has 2 aliphatic rings. The van der Waals surface area contributed by atoms with Gasteiger partial charge in [0.1, 0.15) is 6.10 Å². The van der Waals surface area contributed by atoms with Gasteiger partial charge in [-0.05, 0) is 45.6 Å². The topological polar surface area (TPSA) is 63.6 Å². The molecule has 134 valence electrons. The standard InChI is InChI=1S/C20H30O4/c1-7-14(5)18(22)24-15-10-13(4)11-16(21)19(6)8-9-20(23,12(2)3)17(15)19/h7,11-12,15,17,23H,8-10H2,1-6H3/b14-7-/t15-,17-,19+,20-/m1/s1. The first-order chi connectivity index (χ1) is 11.1. The fourth-order valence-electron chi connectivity index (χ4n) is 4.32. The number of hydrogen-bond donors (Lipinski definition) is 1. The number of aliphatic hydroxyl groups is 1. The van der Waals surface area contributed by atoms with E-state index in [-0.39, 0.29) is 23.6 Å². The van der Waals surface area contributed by atoms with Crippen LogP contribution in [0, 0.1) is 17.3 Å². The lowest BCUT2D eigenvalue weighted by Gasteiger charge is -2.42. The number of carbonyl (C=O) groups excluding carboxylic acids is 2. The molecule has 0 aromatic rings. The second kappa shape index (κ2) is 6.47. The molecule has 4 nitrogen and oxygen atoms in total. The maximum absolute atomic E-state index is 12.8. The summed E-state index contributed by atoms with van der Waals surface area (Å²) in [5.74, 6) is -0.729. The summed E-state index contributed by atoms with van der Waals surface area (Å²) in [7, 11) is 0. The van der Waals surface area contributed by atoms with Crippen LogP contribution in [0.5, 0.6) is 0 Å². The summed E-state index contributed by atoms with van der Waals surface area (Å²) in [5.41, 5.74) is -0.249. The highest BCUT2D eigenvalue weighted by atomic mass is 16.5. The normalized spacial score (nSPS) is 37.1. The first-order valence-electron chi connectivity index (χ1n) is 8.84. The second-order valence-corrected chi connectivity index (χ2v) is 8.02. The van der Waals surface area contributed by atoms with E-state index in [0.29, 0.717) is 24.8 Å². The molecule has 0 heterocycles. The van der Waals surface area contributed by atoms with Gasteiger partial charge in [-0.3, -0.25) is 4.79 Å². The van der Waals surface area contributed by atoms with Crippen LogP contribution in [0.3, 0.4) is 0 Å². The summed E-state index contributed by atoms with van der Waals surface area (Å²) < 4.78 is 5.81. The number of esters is 1. The number of fused-ring (bicyclic) bond motifs is 1. The fourth-order valence-corrected chi connectivity index (χ4v) is 4.32. The predicted molar refractivity (Wildman–Crippen MR) is 93.3 cm³/mol. The monoisotopic (exact) mass is 334 g/mol. The van der Waals surface area contributed by atoms with Crippen molar-refractivity contribution >= 4 is 11.8 Å². The molecule has 0 aliphatic heterocycles. The Balaban J connectivity index is 2.48. The van der Waals surface area contributed by atoms with E-state index in [2.05, 4.69) is 0 Å². The van der Waals surface area contributed by atoms with Crippen LogP contribution in [0.4, 0.5) is 0 Å². The second-order valence-electron chi connectivity index (χ2n) is 8.02. The minimum atomic E-state index is -1.00. The van der Waals surface area contributed by atoms with Crippen LogP contribution in [-0.2, 0) is 14.3 Å². The van der Waals surface area contributed by atoms with Gasteiger partial charge in [-0.25, -0.2) is 4.79 Å². The molecule has 1 N–H and O–H groups in total. The summed E-state index contributed by atoms with van der Waals surface area (Å²) in [6.07, 6.45) is 4.57. The Morgan fingerprint density at radius 1 is 1.42 bits per heavy atom. The third-order valence-electron chi connectivity index (χ3n) is 6.12. The minimum absolute atomic E-state index is 0.0143. The quantitative estimate of drug-likeness (QED) is 0.633. The highest BCUT2D eigenvalue weighted by molar-refractivity contribution is 5.96. The SMILES string of the molecule is C/C=C(/C)C(=O)O[C@@H]1CC(C)=CC(=O)[C@]2(C)CC[C@@](O)(C(C)C)[C@H]12. The number of ether oxygens (including phenoxy) is 1. The van der Waals surface area contributed by atoms with E-state index >= 15 is 0 Å². The van der Waals surface area contributed by atoms with Gasteiger partial charge in [0, 0.05) is 23.3 Å². The molecule has 1 fully saturated rings. The molecular weight excluding hydrogens is 304 g/mol. The highest BCUT2D eigenvalue weighted by Crippen LogP contribution is 2.56. The third-order valence-corrected chi connectivity index (χ3v) is 6.12. The van der Waals surface area contributed by atoms with Gasteiger partial charge in [-0.2, -0.15) is 0 Å². The molecule has 0 unspecified atom stereocenters. The maximum atomic E-state index is 12.8. The van der Waals surface area contributed by atoms with E-state index in [1.165, 1.54) is 0 Å². The fraction of sp³-hybridized carbons (Fsp3) is 0.700. The molecule has 0 radical (unpaired) electrons. The van der Waals surface area contributed by atoms with Gasteiger partial charge in [0.05, 0.1) is 5.60 Å². The largest absolute Gasteiger partial charge is 0.458 e. The molecular formula is C20H30O4. The van der Waals surface area contributed by atoms with Gasteiger partial charge in [-0.1, -0.05) is 32.4 Å². The Bertz CT molecular complexity index is 601. The molecule has 0 saturated heterocycles. The average Bonchev–Trinajstić information content (AvgIpc) is 2.74. The molecule has 0 amide bonds. The van der Waals surface area contributed by atoms with Crippen LogP contribution < -0.4 is 0 Å². The first-order valence-corrected chi connectivity index (χ1v) is 8.84. The molecule has 2 rings (SSSR count). The van der Waals surface area contributed by atoms with E-state index < -0.39 is 17.1 Å². The van der Waals surface area contributed by atoms with Crippen molar-refractivity contribution in [3.8, 4) is 0 Å². The van der Waals surface area contributed by atoms with Gasteiger partial charge in [0.25, 0.3) is 0 Å². The molecule has 0 bridgehead atoms. The van der Waals surface area contributed by atoms with Crippen molar-refractivity contribution in [3.63, 3.8) is 0 Å². The van der Waals surface area contributed by atoms with Crippen LogP contribution in [0.25, 0.3) is 0 Å². The Morgan fingerprint density at radius 2 is 2.04 bits per heavy atom. The highest BCUT2D eigenvalue weighted by Gasteiger charge is 2.62. The van der Waals surface area contributed by atoms with Crippen LogP contribution in [0.1, 0.15) is 60.8 Å². The molecule has 0 aromatic carbocycles. The van der Waals surface area contributed by atoms with Crippen LogP contribution in [-0.4, -0.2) is 28.6 Å². The van der Waals surface area contributed by atoms with Gasteiger partial charge >= 0.3 is 5.97 Å². The minimum Gasteiger partial charge on any atom is -0.458 e. The molecule has 2 aliphatic carbocycles. The van der Waals surface area contributed by atoms with Crippen molar-refractivity contribution in [2.24, 2.45) is 17.3 Å². The van der Waals surface area contributed by atoms with Crippen molar-refractivity contribution in [2.45, 2.75) is 72.5 Å². The van der Waals surface area contributed by atoms with Crippen LogP contribution in [0.15, 0.2) is 23.3 Å². The van der Waals surface area contributed by atoms with Crippen molar-refractivity contribution in [3.05, 3.63) is 23.3 Å². The van der Waals surface area contributed by atoms with Gasteiger partial charge in [0.15, 0.2) is 5.78 Å². The summed E-state index contributed by atoms with van der Waals surface area (Å²) in [6.45, 7) is 11.3. The van der Waals surface area contributed by atoms with E-state index in [0.717, 1.165) is 5.57 Å². The zero-order valence-corrected chi connectivity index (χ0v) is 15.7. The summed E-state index contributed by atoms with van der Waals surface area (Å²) >= 11 is 0. The lowest BCUT2D eigenvalue weighted by molar-refractivity contribution is -0.164. The first kappa shape index (κ1) is 18.9. The molecule has 4 atom stereocenters. The Morgan fingerprint density at radius 3 is 2.58 bits per heavy atom. The van der Waals surface area contributed by atoms with Crippen LogP contribution in [0.2, 0.25) is 0 Å². The number of allylic oxidation sites excluding steroid dienone is 2. The molecule has 4 heteroatoms. The van der Waals surface area contributed by atoms with Crippen molar-refractivity contribution in [1.82, 2.24) is 0 Å². The van der Waals surface area contributed by atoms with Crippen LogP contribution >= 0.6 is 0 Å². The average molecular weight is 334 g/mol. The smallest absolute Gasteiger partial charge is 0.333 e. The molecule has 1 saturated carbocycles. The lowest BCUT2D eigenvalue weighted by Crippen LogP contribution is -2.52. The van der Waals surface area contributed by atoms with Gasteiger partial charge in [0.2, 0.25) is 0 Å². The van der Waals surface area contributed by atoms with Crippen molar-refractivity contribution in [1.29, 1.82) is 0 Å². The number of carbonyl (C=O) groups is 2. The predicted octanol–water partition coefficient (Wildman–Crippen LogP) is 3.59. The van der Waals surface area contributed by atoms with Gasteiger partial charge in [-0.15, -0.1) is 0 Å². The van der Waals surface area contributed by atoms with Crippen molar-refractivity contribution in [2.75, 3.05) is 0 Å². The zero-order chi connectivity index (χ0) is 18.3. The van der Waals surface area contributed by atoms with Crippen molar-refractivity contribution < 1.29 is 19.4 Å². The summed E-state index contributed by atoms with van der Waals surface area (Å²) in [4.78, 5) is 25.2. The molecule has 24 heavy (non-hydrogen) atoms. The Hall–Kier alpha value is -1.42. The van der Waals surface area contributed by atoms with E-state index in [1.807, 2.05) is 27.7 Å². The Kier molecular flexibility index (Phi) is 5.10. The molecule has 0 spiro atoms. The van der Waals surface area contributed by atoms with E-state index in [4.69, 9.17) is 4.74 Å². The summed E-state index contributed by atoms with van der Waals surface area (Å²) in [6, 6.07) is 0. The third kappa shape index (κ3) is 2.97. The lowest BCUT2D eigenvalue weighted by atomic mass is 9.67. The number of rotatable bonds is 3. The number of hydrogen-bond acceptors (Lipinski definition) is 4. The summed E-state index contributed by atoms with van der Waals surface area (Å²) in [5, 5.41) is 11.4. The number of ketones is 1. The zero-order valence-electron chi connectivity index (χ0n) is 15.7.